The smallest absolute Gasteiger partial charge is 0.277 e. The van der Waals surface area contributed by atoms with Gasteiger partial charge in [0.25, 0.3) is 5.91 Å². The van der Waals surface area contributed by atoms with Crippen LogP contribution in [0.3, 0.4) is 0 Å². The van der Waals surface area contributed by atoms with Crippen LogP contribution in [0, 0.1) is 11.6 Å². The van der Waals surface area contributed by atoms with E-state index in [9.17, 15) is 18.0 Å². The third kappa shape index (κ3) is 5.02. The van der Waals surface area contributed by atoms with Gasteiger partial charge in [-0.25, -0.2) is 18.2 Å². The van der Waals surface area contributed by atoms with Gasteiger partial charge in [-0.2, -0.15) is 0 Å². The molecule has 32 heavy (non-hydrogen) atoms. The minimum Gasteiger partial charge on any atom is -0.403 e. The summed E-state index contributed by atoms with van der Waals surface area (Å²) in [5.41, 5.74) is 9.65. The van der Waals surface area contributed by atoms with Gasteiger partial charge in [-0.1, -0.05) is 17.4 Å². The molecule has 172 valence electrons. The Kier molecular flexibility index (Phi) is 7.04. The molecule has 1 atom stereocenters. The van der Waals surface area contributed by atoms with Crippen LogP contribution in [0.5, 0.6) is 0 Å². The van der Waals surface area contributed by atoms with Crippen molar-refractivity contribution in [3.05, 3.63) is 47.4 Å². The molecule has 0 bridgehead atoms. The molecule has 1 aromatic heterocycles. The first-order valence-corrected chi connectivity index (χ1v) is 10.5. The number of thiazole rings is 1. The quantitative estimate of drug-likeness (QED) is 0.402. The van der Waals surface area contributed by atoms with Crippen molar-refractivity contribution in [3.63, 3.8) is 0 Å². The van der Waals surface area contributed by atoms with Crippen LogP contribution >= 0.6 is 11.3 Å². The summed E-state index contributed by atoms with van der Waals surface area (Å²) in [4.78, 5) is 22.7. The lowest BCUT2D eigenvalue weighted by atomic mass is 10.1. The van der Waals surface area contributed by atoms with E-state index in [1.54, 1.807) is 4.90 Å². The van der Waals surface area contributed by atoms with Gasteiger partial charge in [-0.05, 0) is 19.1 Å². The normalized spacial score (nSPS) is 20.2. The van der Waals surface area contributed by atoms with Gasteiger partial charge < -0.3 is 27.0 Å². The van der Waals surface area contributed by atoms with Crippen LogP contribution < -0.4 is 22.1 Å². The van der Waals surface area contributed by atoms with Crippen LogP contribution in [0.4, 0.5) is 18.2 Å². The predicted octanol–water partition coefficient (Wildman–Crippen LogP) is 1.86. The summed E-state index contributed by atoms with van der Waals surface area (Å²) >= 11 is 0.780. The molecule has 1 saturated heterocycles. The van der Waals surface area contributed by atoms with Gasteiger partial charge in [0.1, 0.15) is 33.1 Å². The number of benzene rings is 1. The number of aromatic nitrogens is 1. The van der Waals surface area contributed by atoms with Gasteiger partial charge >= 0.3 is 0 Å². The number of nitrogen functional groups attached to an aromatic ring is 1. The molecular weight excluding hydrogens is 443 g/mol. The Morgan fingerprint density at radius 1 is 1.41 bits per heavy atom. The lowest BCUT2D eigenvalue weighted by Crippen LogP contribution is -2.45. The SMILES string of the molecule is CN=C(/C(=C\N)NC(=O)c1nc(-c2c(F)cccc2F)sc1N)N1CCNC[C@@](C)(F)C1. The second-order valence-electron chi connectivity index (χ2n) is 7.42. The molecule has 1 aromatic carbocycles. The lowest BCUT2D eigenvalue weighted by molar-refractivity contribution is 0.0963. The lowest BCUT2D eigenvalue weighted by Gasteiger charge is -2.29. The number of hydrogen-bond acceptors (Lipinski definition) is 7. The number of alkyl halides is 1. The molecule has 0 saturated carbocycles. The molecule has 1 aliphatic rings. The van der Waals surface area contributed by atoms with Crippen molar-refractivity contribution in [2.24, 2.45) is 10.7 Å². The Hall–Kier alpha value is -3.12. The fraction of sp³-hybridized carbons (Fsp3) is 0.350. The molecule has 2 heterocycles. The van der Waals surface area contributed by atoms with Crippen molar-refractivity contribution >= 4 is 28.1 Å². The van der Waals surface area contributed by atoms with Crippen molar-refractivity contribution in [2.45, 2.75) is 12.6 Å². The number of halogens is 3. The van der Waals surface area contributed by atoms with Crippen molar-refractivity contribution in [1.29, 1.82) is 0 Å². The maximum atomic E-state index is 14.7. The van der Waals surface area contributed by atoms with Crippen LogP contribution in [0.1, 0.15) is 17.4 Å². The molecule has 0 radical (unpaired) electrons. The molecule has 1 aliphatic heterocycles. The van der Waals surface area contributed by atoms with Crippen molar-refractivity contribution in [2.75, 3.05) is 39.0 Å². The molecule has 3 rings (SSSR count). The molecule has 8 nitrogen and oxygen atoms in total. The molecule has 0 unspecified atom stereocenters. The van der Waals surface area contributed by atoms with Gasteiger partial charge in [0, 0.05) is 32.9 Å². The predicted molar refractivity (Wildman–Crippen MR) is 119 cm³/mol. The van der Waals surface area contributed by atoms with Crippen LogP contribution in [0.15, 0.2) is 35.1 Å². The molecule has 0 aliphatic carbocycles. The highest BCUT2D eigenvalue weighted by atomic mass is 32.1. The molecule has 12 heteroatoms. The Morgan fingerprint density at radius 3 is 2.72 bits per heavy atom. The highest BCUT2D eigenvalue weighted by Crippen LogP contribution is 2.33. The highest BCUT2D eigenvalue weighted by Gasteiger charge is 2.32. The molecule has 2 aromatic rings. The van der Waals surface area contributed by atoms with Crippen molar-refractivity contribution in [1.82, 2.24) is 20.5 Å². The fourth-order valence-electron chi connectivity index (χ4n) is 3.37. The average Bonchev–Trinajstić information content (AvgIpc) is 3.01. The number of aliphatic imine (C=N–C) groups is 1. The first kappa shape index (κ1) is 23.5. The monoisotopic (exact) mass is 467 g/mol. The summed E-state index contributed by atoms with van der Waals surface area (Å²) in [5, 5.41) is 5.48. The molecular formula is C20H24F3N7OS. The molecule has 1 fully saturated rings. The van der Waals surface area contributed by atoms with Crippen molar-refractivity contribution < 1.29 is 18.0 Å². The zero-order chi connectivity index (χ0) is 23.5. The van der Waals surface area contributed by atoms with E-state index < -0.39 is 23.2 Å². The minimum absolute atomic E-state index is 0.0261. The summed E-state index contributed by atoms with van der Waals surface area (Å²) in [6.07, 6.45) is 1.13. The minimum atomic E-state index is -1.52. The van der Waals surface area contributed by atoms with E-state index in [-0.39, 0.29) is 45.9 Å². The first-order chi connectivity index (χ1) is 15.2. The van der Waals surface area contributed by atoms with E-state index in [1.807, 2.05) is 0 Å². The van der Waals surface area contributed by atoms with E-state index in [1.165, 1.54) is 20.0 Å². The maximum absolute atomic E-state index is 14.7. The second kappa shape index (κ2) is 9.57. The number of hydrogen-bond donors (Lipinski definition) is 4. The standard InChI is InChI=1S/C20H24F3N7OS/c1-20(23)9-27-6-7-30(10-20)17(26-2)13(8-24)28-18(31)15-16(25)32-19(29-15)14-11(21)4-3-5-12(14)22/h3-5,8,27H,6-7,9-10,24-25H2,1-2H3,(H,28,31)/b13-8+,26-17?/t20-/m1/s1. The Labute approximate surface area is 187 Å². The van der Waals surface area contributed by atoms with Crippen LogP contribution in [-0.2, 0) is 0 Å². The number of anilines is 1. The number of amidine groups is 1. The fourth-order valence-corrected chi connectivity index (χ4v) is 4.24. The van der Waals surface area contributed by atoms with Crippen LogP contribution in [0.2, 0.25) is 0 Å². The van der Waals surface area contributed by atoms with E-state index >= 15 is 0 Å². The third-order valence-corrected chi connectivity index (χ3v) is 5.69. The summed E-state index contributed by atoms with van der Waals surface area (Å²) in [7, 11) is 1.50. The summed E-state index contributed by atoms with van der Waals surface area (Å²) in [5.74, 6) is -2.10. The molecule has 0 spiro atoms. The first-order valence-electron chi connectivity index (χ1n) is 9.72. The van der Waals surface area contributed by atoms with Crippen LogP contribution in [-0.4, -0.2) is 60.5 Å². The largest absolute Gasteiger partial charge is 0.403 e. The van der Waals surface area contributed by atoms with Gasteiger partial charge in [0.15, 0.2) is 5.69 Å². The van der Waals surface area contributed by atoms with Gasteiger partial charge in [0.2, 0.25) is 0 Å². The zero-order valence-corrected chi connectivity index (χ0v) is 18.4. The number of rotatable bonds is 4. The summed E-state index contributed by atoms with van der Waals surface area (Å²) in [6, 6.07) is 3.40. The highest BCUT2D eigenvalue weighted by molar-refractivity contribution is 7.19. The zero-order valence-electron chi connectivity index (χ0n) is 17.6. The Morgan fingerprint density at radius 2 is 2.09 bits per heavy atom. The van der Waals surface area contributed by atoms with Gasteiger partial charge in [-0.3, -0.25) is 9.79 Å². The van der Waals surface area contributed by atoms with Gasteiger partial charge in [-0.15, -0.1) is 0 Å². The number of nitrogens with zero attached hydrogens (tertiary/aromatic N) is 3. The number of nitrogens with one attached hydrogen (secondary N) is 2. The Bertz CT molecular complexity index is 1050. The van der Waals surface area contributed by atoms with E-state index in [2.05, 4.69) is 20.6 Å². The van der Waals surface area contributed by atoms with E-state index in [4.69, 9.17) is 11.5 Å². The number of amides is 1. The third-order valence-electron chi connectivity index (χ3n) is 4.78. The van der Waals surface area contributed by atoms with E-state index in [0.717, 1.165) is 29.7 Å². The summed E-state index contributed by atoms with van der Waals surface area (Å²) in [6.45, 7) is 2.64. The van der Waals surface area contributed by atoms with E-state index in [0.29, 0.717) is 13.1 Å². The van der Waals surface area contributed by atoms with Gasteiger partial charge in [0.05, 0.1) is 17.8 Å². The summed E-state index contributed by atoms with van der Waals surface area (Å²) < 4.78 is 42.9. The maximum Gasteiger partial charge on any atom is 0.277 e. The van der Waals surface area contributed by atoms with Crippen molar-refractivity contribution in [3.8, 4) is 10.6 Å². The molecule has 6 N–H and O–H groups in total. The second-order valence-corrected chi connectivity index (χ2v) is 8.45. The number of nitrogens with two attached hydrogens (primary N) is 2. The topological polar surface area (TPSA) is 122 Å². The Balaban J connectivity index is 1.85. The molecule has 1 amide bonds. The average molecular weight is 468 g/mol. The van der Waals surface area contributed by atoms with Crippen LogP contribution in [0.25, 0.3) is 10.6 Å². The number of carbonyl (C=O) groups is 1. The number of carbonyl (C=O) groups excluding carboxylic acids is 1.